The summed E-state index contributed by atoms with van der Waals surface area (Å²) >= 11 is 0. The van der Waals surface area contributed by atoms with E-state index >= 15 is 0 Å². The summed E-state index contributed by atoms with van der Waals surface area (Å²) in [5.41, 5.74) is 0.682. The number of piperidine rings is 1. The summed E-state index contributed by atoms with van der Waals surface area (Å²) in [7, 11) is 1.77. The molecule has 0 aromatic rings. The SMILES string of the molecule is CO[C@@H]1CCN2[C@@H]3C=CC4=CC(=O)OC4(C3)[C@H]2C1. The normalized spacial score (nSPS) is 45.5. The van der Waals surface area contributed by atoms with Crippen molar-refractivity contribution in [3.8, 4) is 0 Å². The quantitative estimate of drug-likeness (QED) is 0.649. The van der Waals surface area contributed by atoms with Gasteiger partial charge in [0, 0.05) is 37.8 Å². The molecule has 4 nitrogen and oxygen atoms in total. The number of rotatable bonds is 1. The minimum absolute atomic E-state index is 0.184. The molecule has 3 heterocycles. The van der Waals surface area contributed by atoms with Crippen molar-refractivity contribution in [1.82, 2.24) is 4.90 Å². The highest BCUT2D eigenvalue weighted by atomic mass is 16.6. The van der Waals surface area contributed by atoms with Crippen LogP contribution in [0.2, 0.25) is 0 Å². The molecular weight excluding hydrogens is 230 g/mol. The number of methoxy groups -OCH3 is 1. The number of hydrogen-bond donors (Lipinski definition) is 0. The van der Waals surface area contributed by atoms with Crippen molar-refractivity contribution in [3.05, 3.63) is 23.8 Å². The molecule has 4 heteroatoms. The average Bonchev–Trinajstić information content (AvgIpc) is 2.85. The fraction of sp³-hybridized carbons (Fsp3) is 0.643. The van der Waals surface area contributed by atoms with Gasteiger partial charge in [0.15, 0.2) is 5.60 Å². The zero-order valence-electron chi connectivity index (χ0n) is 10.5. The van der Waals surface area contributed by atoms with Gasteiger partial charge in [0.25, 0.3) is 0 Å². The van der Waals surface area contributed by atoms with Crippen LogP contribution in [0.4, 0.5) is 0 Å². The predicted octanol–water partition coefficient (Wildman–Crippen LogP) is 1.03. The number of nitrogens with zero attached hydrogens (tertiary/aromatic N) is 1. The number of ether oxygens (including phenoxy) is 2. The highest BCUT2D eigenvalue weighted by Gasteiger charge is 2.60. The third-order valence-corrected chi connectivity index (χ3v) is 4.95. The fourth-order valence-corrected chi connectivity index (χ4v) is 4.10. The van der Waals surface area contributed by atoms with Gasteiger partial charge < -0.3 is 9.47 Å². The van der Waals surface area contributed by atoms with E-state index in [0.717, 1.165) is 31.4 Å². The first kappa shape index (κ1) is 10.8. The van der Waals surface area contributed by atoms with Gasteiger partial charge in [-0.15, -0.1) is 0 Å². The molecule has 4 atom stereocenters. The van der Waals surface area contributed by atoms with Crippen LogP contribution in [0.25, 0.3) is 0 Å². The Morgan fingerprint density at radius 2 is 2.44 bits per heavy atom. The van der Waals surface area contributed by atoms with Crippen molar-refractivity contribution in [1.29, 1.82) is 0 Å². The third-order valence-electron chi connectivity index (χ3n) is 4.95. The molecule has 1 unspecified atom stereocenters. The molecule has 1 spiro atoms. The van der Waals surface area contributed by atoms with Crippen LogP contribution >= 0.6 is 0 Å². The number of carbonyl (C=O) groups is 1. The third kappa shape index (κ3) is 1.20. The minimum Gasteiger partial charge on any atom is -0.449 e. The standard InChI is InChI=1S/C14H17NO3/c1-17-11-4-5-15-10-3-2-9-6-13(16)18-14(9,8-10)12(15)7-11/h2-3,6,10-12H,4-5,7-8H2,1H3/t10-,11-,12-,14?/m1/s1. The highest BCUT2D eigenvalue weighted by molar-refractivity contribution is 5.88. The monoisotopic (exact) mass is 247 g/mol. The van der Waals surface area contributed by atoms with E-state index in [0.29, 0.717) is 12.1 Å². The van der Waals surface area contributed by atoms with Crippen LogP contribution in [0.3, 0.4) is 0 Å². The van der Waals surface area contributed by atoms with Gasteiger partial charge in [0.1, 0.15) is 0 Å². The maximum absolute atomic E-state index is 11.6. The van der Waals surface area contributed by atoms with Crippen molar-refractivity contribution in [3.63, 3.8) is 0 Å². The molecule has 0 radical (unpaired) electrons. The molecule has 2 bridgehead atoms. The molecule has 0 N–H and O–H groups in total. The first-order valence-electron chi connectivity index (χ1n) is 6.65. The average molecular weight is 247 g/mol. The molecular formula is C14H17NO3. The first-order valence-corrected chi connectivity index (χ1v) is 6.65. The molecule has 0 aromatic heterocycles. The van der Waals surface area contributed by atoms with E-state index in [4.69, 9.17) is 9.47 Å². The number of fused-ring (bicyclic) bond motifs is 3. The molecule has 0 amide bonds. The molecule has 2 saturated heterocycles. The summed E-state index contributed by atoms with van der Waals surface area (Å²) in [5, 5.41) is 0. The Morgan fingerprint density at radius 1 is 1.56 bits per heavy atom. The van der Waals surface area contributed by atoms with Gasteiger partial charge in [-0.1, -0.05) is 12.2 Å². The van der Waals surface area contributed by atoms with E-state index in [1.54, 1.807) is 13.2 Å². The Morgan fingerprint density at radius 3 is 3.28 bits per heavy atom. The van der Waals surface area contributed by atoms with Crippen LogP contribution in [-0.2, 0) is 14.3 Å². The van der Waals surface area contributed by atoms with Crippen molar-refractivity contribution >= 4 is 5.97 Å². The van der Waals surface area contributed by atoms with Crippen LogP contribution in [0, 0.1) is 0 Å². The van der Waals surface area contributed by atoms with Crippen LogP contribution in [0.1, 0.15) is 19.3 Å². The lowest BCUT2D eigenvalue weighted by atomic mass is 9.80. The van der Waals surface area contributed by atoms with Gasteiger partial charge in [-0.05, 0) is 12.8 Å². The molecule has 4 rings (SSSR count). The maximum Gasteiger partial charge on any atom is 0.332 e. The zero-order valence-corrected chi connectivity index (χ0v) is 10.5. The van der Waals surface area contributed by atoms with Gasteiger partial charge >= 0.3 is 5.97 Å². The molecule has 3 aliphatic heterocycles. The van der Waals surface area contributed by atoms with E-state index in [1.165, 1.54) is 0 Å². The summed E-state index contributed by atoms with van der Waals surface area (Å²) in [4.78, 5) is 14.1. The molecule has 0 aromatic carbocycles. The Bertz CT molecular complexity index is 470. The van der Waals surface area contributed by atoms with Gasteiger partial charge in [0.05, 0.1) is 12.1 Å². The van der Waals surface area contributed by atoms with Crippen LogP contribution in [-0.4, -0.2) is 48.3 Å². The Balaban J connectivity index is 1.75. The first-order chi connectivity index (χ1) is 8.73. The van der Waals surface area contributed by atoms with Gasteiger partial charge in [-0.3, -0.25) is 4.90 Å². The summed E-state index contributed by atoms with van der Waals surface area (Å²) in [6.07, 6.45) is 9.20. The number of esters is 1. The molecule has 0 saturated carbocycles. The van der Waals surface area contributed by atoms with E-state index in [1.807, 2.05) is 0 Å². The van der Waals surface area contributed by atoms with Crippen molar-refractivity contribution in [2.24, 2.45) is 0 Å². The molecule has 4 aliphatic rings. The maximum atomic E-state index is 11.6. The molecule has 2 fully saturated rings. The lowest BCUT2D eigenvalue weighted by Gasteiger charge is -2.40. The van der Waals surface area contributed by atoms with Crippen molar-refractivity contribution < 1.29 is 14.3 Å². The fourth-order valence-electron chi connectivity index (χ4n) is 4.10. The summed E-state index contributed by atoms with van der Waals surface area (Å²) in [6, 6.07) is 0.713. The summed E-state index contributed by atoms with van der Waals surface area (Å²) in [6.45, 7) is 1.03. The smallest absolute Gasteiger partial charge is 0.332 e. The Hall–Kier alpha value is -1.13. The highest BCUT2D eigenvalue weighted by Crippen LogP contribution is 2.51. The number of carbonyl (C=O) groups excluding carboxylic acids is 1. The van der Waals surface area contributed by atoms with Crippen LogP contribution < -0.4 is 0 Å². The van der Waals surface area contributed by atoms with E-state index in [-0.39, 0.29) is 17.6 Å². The second-order valence-corrected chi connectivity index (χ2v) is 5.68. The lowest BCUT2D eigenvalue weighted by Crippen LogP contribution is -2.51. The van der Waals surface area contributed by atoms with E-state index in [9.17, 15) is 4.79 Å². The van der Waals surface area contributed by atoms with Crippen molar-refractivity contribution in [2.75, 3.05) is 13.7 Å². The van der Waals surface area contributed by atoms with Gasteiger partial charge in [0.2, 0.25) is 0 Å². The molecule has 1 aliphatic carbocycles. The topological polar surface area (TPSA) is 38.8 Å². The molecule has 18 heavy (non-hydrogen) atoms. The summed E-state index contributed by atoms with van der Waals surface area (Å²) < 4.78 is 11.2. The van der Waals surface area contributed by atoms with Gasteiger partial charge in [-0.25, -0.2) is 4.79 Å². The van der Waals surface area contributed by atoms with E-state index in [2.05, 4.69) is 17.1 Å². The van der Waals surface area contributed by atoms with E-state index < -0.39 is 0 Å². The van der Waals surface area contributed by atoms with Crippen LogP contribution in [0.15, 0.2) is 23.8 Å². The lowest BCUT2D eigenvalue weighted by molar-refractivity contribution is -0.149. The van der Waals surface area contributed by atoms with Crippen molar-refractivity contribution in [2.45, 2.75) is 43.1 Å². The van der Waals surface area contributed by atoms with Crippen LogP contribution in [0.5, 0.6) is 0 Å². The Kier molecular flexibility index (Phi) is 2.07. The number of hydrogen-bond acceptors (Lipinski definition) is 4. The molecule has 96 valence electrons. The second kappa shape index (κ2) is 3.45. The van der Waals surface area contributed by atoms with Gasteiger partial charge in [-0.2, -0.15) is 0 Å². The Labute approximate surface area is 106 Å². The largest absolute Gasteiger partial charge is 0.449 e. The predicted molar refractivity (Wildman–Crippen MR) is 65.0 cm³/mol. The second-order valence-electron chi connectivity index (χ2n) is 5.68. The zero-order chi connectivity index (χ0) is 12.3. The summed E-state index contributed by atoms with van der Waals surface area (Å²) in [5.74, 6) is -0.184. The minimum atomic E-state index is -0.381.